The lowest BCUT2D eigenvalue weighted by atomic mass is 9.84. The Morgan fingerprint density at radius 1 is 1.20 bits per heavy atom. The number of rotatable bonds is 3. The summed E-state index contributed by atoms with van der Waals surface area (Å²) in [5.41, 5.74) is 5.07. The minimum absolute atomic E-state index is 0.0520. The first-order valence-electron chi connectivity index (χ1n) is 8.15. The molecule has 0 fully saturated rings. The molecule has 0 unspecified atom stereocenters. The van der Waals surface area contributed by atoms with Gasteiger partial charge in [-0.25, -0.2) is 0 Å². The van der Waals surface area contributed by atoms with Crippen molar-refractivity contribution in [3.05, 3.63) is 75.5 Å². The zero-order valence-corrected chi connectivity index (χ0v) is 14.9. The van der Waals surface area contributed by atoms with E-state index in [-0.39, 0.29) is 11.1 Å². The topological polar surface area (TPSA) is 58.7 Å². The molecular formula is C20H21N3O2. The molecule has 0 amide bonds. The van der Waals surface area contributed by atoms with Gasteiger partial charge in [-0.3, -0.25) is 15.1 Å². The van der Waals surface area contributed by atoms with E-state index in [2.05, 4.69) is 41.9 Å². The van der Waals surface area contributed by atoms with Crippen molar-refractivity contribution in [1.82, 2.24) is 0 Å². The van der Waals surface area contributed by atoms with Crippen LogP contribution in [0, 0.1) is 17.0 Å². The number of aryl methyl sites for hydroxylation is 1. The highest BCUT2D eigenvalue weighted by Gasteiger charge is 2.37. The van der Waals surface area contributed by atoms with E-state index in [0.717, 1.165) is 11.3 Å². The van der Waals surface area contributed by atoms with Crippen LogP contribution in [-0.4, -0.2) is 18.2 Å². The minimum atomic E-state index is -0.401. The van der Waals surface area contributed by atoms with Crippen molar-refractivity contribution in [3.8, 4) is 0 Å². The fourth-order valence-corrected chi connectivity index (χ4v) is 3.34. The molecule has 0 bridgehead atoms. The Labute approximate surface area is 147 Å². The van der Waals surface area contributed by atoms with Crippen LogP contribution in [0.5, 0.6) is 0 Å². The first kappa shape index (κ1) is 16.9. The number of para-hydroxylation sites is 1. The van der Waals surface area contributed by atoms with Crippen molar-refractivity contribution in [2.45, 2.75) is 26.2 Å². The van der Waals surface area contributed by atoms with Crippen molar-refractivity contribution in [1.29, 1.82) is 0 Å². The van der Waals surface area contributed by atoms with Crippen molar-refractivity contribution in [2.24, 2.45) is 4.99 Å². The molecule has 2 aromatic rings. The van der Waals surface area contributed by atoms with Crippen LogP contribution in [0.15, 0.2) is 59.2 Å². The summed E-state index contributed by atoms with van der Waals surface area (Å²) in [7, 11) is 2.05. The second-order valence-corrected chi connectivity index (χ2v) is 6.76. The van der Waals surface area contributed by atoms with Crippen LogP contribution in [0.25, 0.3) is 0 Å². The van der Waals surface area contributed by atoms with Gasteiger partial charge >= 0.3 is 0 Å². The Morgan fingerprint density at radius 3 is 2.60 bits per heavy atom. The standard InChI is InChI=1S/C20H21N3O2/c1-14-9-10-15(23(24)25)13-17(14)21-12-11-19-20(2,3)16-7-5-6-8-18(16)22(19)4/h5-13H,1-4H3. The van der Waals surface area contributed by atoms with Gasteiger partial charge in [0.2, 0.25) is 0 Å². The second-order valence-electron chi connectivity index (χ2n) is 6.76. The summed E-state index contributed by atoms with van der Waals surface area (Å²) in [5.74, 6) is 0. The highest BCUT2D eigenvalue weighted by atomic mass is 16.6. The summed E-state index contributed by atoms with van der Waals surface area (Å²) in [5, 5.41) is 10.9. The van der Waals surface area contributed by atoms with E-state index in [9.17, 15) is 10.1 Å². The number of likely N-dealkylation sites (N-methyl/N-ethyl adjacent to an activating group) is 1. The van der Waals surface area contributed by atoms with Gasteiger partial charge in [0.15, 0.2) is 0 Å². The average molecular weight is 335 g/mol. The van der Waals surface area contributed by atoms with E-state index in [4.69, 9.17) is 0 Å². The van der Waals surface area contributed by atoms with Gasteiger partial charge in [-0.05, 0) is 30.2 Å². The zero-order valence-electron chi connectivity index (χ0n) is 14.9. The number of nitro groups is 1. The molecule has 1 aliphatic heterocycles. The van der Waals surface area contributed by atoms with Crippen LogP contribution in [-0.2, 0) is 5.41 Å². The van der Waals surface area contributed by atoms with Crippen LogP contribution >= 0.6 is 0 Å². The number of allylic oxidation sites excluding steroid dienone is 2. The van der Waals surface area contributed by atoms with Crippen LogP contribution in [0.1, 0.15) is 25.0 Å². The van der Waals surface area contributed by atoms with Crippen LogP contribution in [0.3, 0.4) is 0 Å². The van der Waals surface area contributed by atoms with Gasteiger partial charge in [0.1, 0.15) is 0 Å². The van der Waals surface area contributed by atoms with Crippen LogP contribution in [0.2, 0.25) is 0 Å². The minimum Gasteiger partial charge on any atom is -0.347 e. The number of hydrogen-bond acceptors (Lipinski definition) is 4. The van der Waals surface area contributed by atoms with Crippen molar-refractivity contribution in [3.63, 3.8) is 0 Å². The molecule has 2 aromatic carbocycles. The summed E-state index contributed by atoms with van der Waals surface area (Å²) in [4.78, 5) is 17.1. The van der Waals surface area contributed by atoms with Crippen LogP contribution < -0.4 is 4.90 Å². The Hall–Kier alpha value is -2.95. The molecule has 0 spiro atoms. The van der Waals surface area contributed by atoms with E-state index < -0.39 is 4.92 Å². The third-order valence-corrected chi connectivity index (χ3v) is 4.79. The van der Waals surface area contributed by atoms with Gasteiger partial charge in [0.25, 0.3) is 5.69 Å². The maximum Gasteiger partial charge on any atom is 0.271 e. The lowest BCUT2D eigenvalue weighted by Gasteiger charge is -2.23. The van der Waals surface area contributed by atoms with Gasteiger partial charge in [-0.1, -0.05) is 38.1 Å². The fraction of sp³-hybridized carbons (Fsp3) is 0.250. The summed E-state index contributed by atoms with van der Waals surface area (Å²) in [6.07, 6.45) is 3.71. The third-order valence-electron chi connectivity index (χ3n) is 4.79. The molecule has 0 aliphatic carbocycles. The molecule has 3 rings (SSSR count). The molecule has 0 atom stereocenters. The molecule has 5 nitrogen and oxygen atoms in total. The number of nitro benzene ring substituents is 1. The Bertz CT molecular complexity index is 898. The highest BCUT2D eigenvalue weighted by molar-refractivity contribution is 5.81. The molecule has 1 aliphatic rings. The SMILES string of the molecule is Cc1ccc([N+](=O)[O-])cc1N=CC=C1N(C)c2ccccc2C1(C)C. The molecule has 0 radical (unpaired) electrons. The number of aliphatic imine (C=N–C) groups is 1. The molecule has 128 valence electrons. The highest BCUT2D eigenvalue weighted by Crippen LogP contribution is 2.46. The van der Waals surface area contributed by atoms with E-state index >= 15 is 0 Å². The van der Waals surface area contributed by atoms with Gasteiger partial charge in [-0.2, -0.15) is 0 Å². The summed E-state index contributed by atoms with van der Waals surface area (Å²) < 4.78 is 0. The lowest BCUT2D eigenvalue weighted by Crippen LogP contribution is -2.23. The Morgan fingerprint density at radius 2 is 1.92 bits per heavy atom. The largest absolute Gasteiger partial charge is 0.347 e. The number of hydrogen-bond donors (Lipinski definition) is 0. The van der Waals surface area contributed by atoms with Gasteiger partial charge in [0.05, 0.1) is 10.6 Å². The predicted molar refractivity (Wildman–Crippen MR) is 102 cm³/mol. The van der Waals surface area contributed by atoms with Gasteiger partial charge in [0, 0.05) is 42.2 Å². The number of fused-ring (bicyclic) bond motifs is 1. The molecule has 25 heavy (non-hydrogen) atoms. The third kappa shape index (κ3) is 2.93. The number of anilines is 1. The predicted octanol–water partition coefficient (Wildman–Crippen LogP) is 4.92. The Kier molecular flexibility index (Phi) is 4.17. The molecule has 1 heterocycles. The first-order chi connectivity index (χ1) is 11.8. The van der Waals surface area contributed by atoms with E-state index in [1.165, 1.54) is 23.4 Å². The summed E-state index contributed by atoms with van der Waals surface area (Å²) >= 11 is 0. The van der Waals surface area contributed by atoms with E-state index in [0.29, 0.717) is 5.69 Å². The molecule has 0 saturated carbocycles. The quantitative estimate of drug-likeness (QED) is 0.454. The zero-order chi connectivity index (χ0) is 18.2. The van der Waals surface area contributed by atoms with Crippen LogP contribution in [0.4, 0.5) is 17.1 Å². The summed E-state index contributed by atoms with van der Waals surface area (Å²) in [6, 6.07) is 13.1. The normalized spacial score (nSPS) is 17.3. The molecular weight excluding hydrogens is 314 g/mol. The smallest absolute Gasteiger partial charge is 0.271 e. The average Bonchev–Trinajstić information content (AvgIpc) is 2.77. The molecule has 0 N–H and O–H groups in total. The van der Waals surface area contributed by atoms with Crippen molar-refractivity contribution >= 4 is 23.3 Å². The van der Waals surface area contributed by atoms with Crippen molar-refractivity contribution < 1.29 is 4.92 Å². The number of non-ortho nitro benzene ring substituents is 1. The van der Waals surface area contributed by atoms with Gasteiger partial charge in [-0.15, -0.1) is 0 Å². The van der Waals surface area contributed by atoms with Crippen molar-refractivity contribution in [2.75, 3.05) is 11.9 Å². The number of benzene rings is 2. The lowest BCUT2D eigenvalue weighted by molar-refractivity contribution is -0.384. The van der Waals surface area contributed by atoms with E-state index in [1.54, 1.807) is 12.3 Å². The molecule has 5 heteroatoms. The van der Waals surface area contributed by atoms with E-state index in [1.807, 2.05) is 26.1 Å². The molecule has 0 saturated heterocycles. The maximum atomic E-state index is 10.9. The van der Waals surface area contributed by atoms with Gasteiger partial charge < -0.3 is 4.90 Å². The fourth-order valence-electron chi connectivity index (χ4n) is 3.34. The summed E-state index contributed by atoms with van der Waals surface area (Å²) in [6.45, 7) is 6.27. The first-order valence-corrected chi connectivity index (χ1v) is 8.15. The second kappa shape index (κ2) is 6.16. The number of nitrogens with zero attached hydrogens (tertiary/aromatic N) is 3. The maximum absolute atomic E-state index is 10.9. The Balaban J connectivity index is 1.94. The monoisotopic (exact) mass is 335 g/mol. The molecule has 0 aromatic heterocycles.